The Morgan fingerprint density at radius 3 is 2.48 bits per heavy atom. The molecule has 2 aromatic rings. The number of aromatic nitrogens is 2. The lowest BCUT2D eigenvalue weighted by atomic mass is 10.1. The molecule has 0 aliphatic heterocycles. The van der Waals surface area contributed by atoms with E-state index in [2.05, 4.69) is 49.1 Å². The van der Waals surface area contributed by atoms with Crippen LogP contribution < -0.4 is 10.5 Å². The first-order valence-corrected chi connectivity index (χ1v) is 8.38. The van der Waals surface area contributed by atoms with Gasteiger partial charge in [0.1, 0.15) is 5.75 Å². The number of benzene rings is 1. The van der Waals surface area contributed by atoms with Gasteiger partial charge in [-0.2, -0.15) is 5.10 Å². The van der Waals surface area contributed by atoms with Crippen LogP contribution in [0.25, 0.3) is 0 Å². The SMILES string of the molecule is CC(N)Cc1cc(Br)c(OCCc2cnn(C)c2)c(Br)c1. The summed E-state index contributed by atoms with van der Waals surface area (Å²) >= 11 is 7.13. The molecule has 1 aromatic heterocycles. The highest BCUT2D eigenvalue weighted by Crippen LogP contribution is 2.35. The number of rotatable bonds is 6. The monoisotopic (exact) mass is 415 g/mol. The minimum atomic E-state index is 0.140. The predicted molar refractivity (Wildman–Crippen MR) is 91.6 cm³/mol. The number of hydrogen-bond donors (Lipinski definition) is 1. The molecule has 2 rings (SSSR count). The highest BCUT2D eigenvalue weighted by molar-refractivity contribution is 9.11. The molecule has 0 spiro atoms. The molecule has 0 aliphatic rings. The summed E-state index contributed by atoms with van der Waals surface area (Å²) < 4.78 is 9.56. The maximum Gasteiger partial charge on any atom is 0.147 e. The molecule has 114 valence electrons. The van der Waals surface area contributed by atoms with Crippen molar-refractivity contribution in [3.8, 4) is 5.75 Å². The van der Waals surface area contributed by atoms with Crippen molar-refractivity contribution in [3.63, 3.8) is 0 Å². The van der Waals surface area contributed by atoms with Gasteiger partial charge in [-0.3, -0.25) is 4.68 Å². The molecule has 1 aromatic carbocycles. The van der Waals surface area contributed by atoms with Crippen molar-refractivity contribution in [1.82, 2.24) is 9.78 Å². The third-order valence-electron chi connectivity index (χ3n) is 3.01. The minimum absolute atomic E-state index is 0.140. The Morgan fingerprint density at radius 2 is 1.95 bits per heavy atom. The fraction of sp³-hybridized carbons (Fsp3) is 0.400. The number of nitrogens with two attached hydrogens (primary N) is 1. The summed E-state index contributed by atoms with van der Waals surface area (Å²) in [4.78, 5) is 0. The third-order valence-corrected chi connectivity index (χ3v) is 4.19. The molecule has 1 atom stereocenters. The lowest BCUT2D eigenvalue weighted by molar-refractivity contribution is 0.318. The number of ether oxygens (including phenoxy) is 1. The Labute approximate surface area is 141 Å². The van der Waals surface area contributed by atoms with E-state index < -0.39 is 0 Å². The largest absolute Gasteiger partial charge is 0.491 e. The minimum Gasteiger partial charge on any atom is -0.491 e. The van der Waals surface area contributed by atoms with Crippen LogP contribution in [0.15, 0.2) is 33.5 Å². The molecule has 1 heterocycles. The molecule has 0 aliphatic carbocycles. The molecule has 6 heteroatoms. The lowest BCUT2D eigenvalue weighted by Crippen LogP contribution is -2.17. The first-order chi connectivity index (χ1) is 9.95. The molecule has 0 fully saturated rings. The topological polar surface area (TPSA) is 53.1 Å². The van der Waals surface area contributed by atoms with Gasteiger partial charge in [-0.05, 0) is 68.5 Å². The average Bonchev–Trinajstić information content (AvgIpc) is 2.77. The van der Waals surface area contributed by atoms with Crippen LogP contribution in [0.5, 0.6) is 5.75 Å². The standard InChI is InChI=1S/C15H19Br2N3O/c1-10(18)5-12-6-13(16)15(14(17)7-12)21-4-3-11-8-19-20(2)9-11/h6-10H,3-5,18H2,1-2H3. The molecule has 0 saturated heterocycles. The Bertz CT molecular complexity index is 588. The van der Waals surface area contributed by atoms with Gasteiger partial charge in [0.05, 0.1) is 21.7 Å². The van der Waals surface area contributed by atoms with E-state index in [9.17, 15) is 0 Å². The van der Waals surface area contributed by atoms with Crippen molar-refractivity contribution >= 4 is 31.9 Å². The van der Waals surface area contributed by atoms with E-state index in [4.69, 9.17) is 10.5 Å². The molecule has 0 radical (unpaired) electrons. The van der Waals surface area contributed by atoms with Crippen LogP contribution >= 0.6 is 31.9 Å². The molecule has 2 N–H and O–H groups in total. The van der Waals surface area contributed by atoms with Gasteiger partial charge in [0, 0.05) is 25.7 Å². The van der Waals surface area contributed by atoms with Gasteiger partial charge in [0.25, 0.3) is 0 Å². The fourth-order valence-corrected chi connectivity index (χ4v) is 3.62. The van der Waals surface area contributed by atoms with E-state index in [1.165, 1.54) is 11.1 Å². The van der Waals surface area contributed by atoms with Crippen molar-refractivity contribution in [2.75, 3.05) is 6.61 Å². The number of halogens is 2. The second-order valence-electron chi connectivity index (χ2n) is 5.19. The van der Waals surface area contributed by atoms with E-state index in [0.29, 0.717) is 6.61 Å². The summed E-state index contributed by atoms with van der Waals surface area (Å²) in [7, 11) is 1.91. The quantitative estimate of drug-likeness (QED) is 0.784. The Morgan fingerprint density at radius 1 is 1.29 bits per heavy atom. The Balaban J connectivity index is 1.99. The molecule has 0 saturated carbocycles. The molecule has 1 unspecified atom stereocenters. The summed E-state index contributed by atoms with van der Waals surface area (Å²) in [6.45, 7) is 2.61. The van der Waals surface area contributed by atoms with E-state index in [1.54, 1.807) is 4.68 Å². The average molecular weight is 417 g/mol. The van der Waals surface area contributed by atoms with Crippen LogP contribution in [0, 0.1) is 0 Å². The zero-order valence-electron chi connectivity index (χ0n) is 12.1. The number of nitrogens with zero attached hydrogens (tertiary/aromatic N) is 2. The summed E-state index contributed by atoms with van der Waals surface area (Å²) in [5, 5.41) is 4.15. The molecule has 0 bridgehead atoms. The van der Waals surface area contributed by atoms with Crippen molar-refractivity contribution < 1.29 is 4.74 Å². The molecule has 4 nitrogen and oxygen atoms in total. The van der Waals surface area contributed by atoms with Gasteiger partial charge >= 0.3 is 0 Å². The summed E-state index contributed by atoms with van der Waals surface area (Å²) in [6.07, 6.45) is 5.53. The Hall–Kier alpha value is -0.850. The van der Waals surface area contributed by atoms with Crippen molar-refractivity contribution in [2.24, 2.45) is 12.8 Å². The van der Waals surface area contributed by atoms with Crippen LogP contribution in [0.4, 0.5) is 0 Å². The zero-order valence-corrected chi connectivity index (χ0v) is 15.3. The normalized spacial score (nSPS) is 12.4. The van der Waals surface area contributed by atoms with Crippen molar-refractivity contribution in [2.45, 2.75) is 25.8 Å². The van der Waals surface area contributed by atoms with Gasteiger partial charge in [0.2, 0.25) is 0 Å². The van der Waals surface area contributed by atoms with Gasteiger partial charge in [-0.25, -0.2) is 0 Å². The predicted octanol–water partition coefficient (Wildman–Crippen LogP) is 3.46. The van der Waals surface area contributed by atoms with Crippen LogP contribution in [-0.4, -0.2) is 22.4 Å². The molecule has 0 amide bonds. The summed E-state index contributed by atoms with van der Waals surface area (Å²) in [6, 6.07) is 4.27. The van der Waals surface area contributed by atoms with Crippen LogP contribution in [-0.2, 0) is 19.9 Å². The first-order valence-electron chi connectivity index (χ1n) is 6.79. The second-order valence-corrected chi connectivity index (χ2v) is 6.90. The fourth-order valence-electron chi connectivity index (χ4n) is 2.11. The summed E-state index contributed by atoms with van der Waals surface area (Å²) in [5.74, 6) is 0.826. The maximum absolute atomic E-state index is 5.88. The highest BCUT2D eigenvalue weighted by atomic mass is 79.9. The maximum atomic E-state index is 5.88. The van der Waals surface area contributed by atoms with Crippen LogP contribution in [0.3, 0.4) is 0 Å². The highest BCUT2D eigenvalue weighted by Gasteiger charge is 2.10. The number of aryl methyl sites for hydroxylation is 1. The third kappa shape index (κ3) is 4.83. The zero-order chi connectivity index (χ0) is 15.4. The van der Waals surface area contributed by atoms with Gasteiger partial charge < -0.3 is 10.5 Å². The van der Waals surface area contributed by atoms with Crippen molar-refractivity contribution in [1.29, 1.82) is 0 Å². The van der Waals surface area contributed by atoms with Crippen LogP contribution in [0.2, 0.25) is 0 Å². The van der Waals surface area contributed by atoms with E-state index >= 15 is 0 Å². The molecular formula is C15H19Br2N3O. The lowest BCUT2D eigenvalue weighted by Gasteiger charge is -2.13. The van der Waals surface area contributed by atoms with E-state index in [1.807, 2.05) is 26.4 Å². The molecule has 21 heavy (non-hydrogen) atoms. The smallest absolute Gasteiger partial charge is 0.147 e. The van der Waals surface area contributed by atoms with E-state index in [0.717, 1.165) is 27.5 Å². The Kier molecular flexibility index (Phi) is 5.84. The second kappa shape index (κ2) is 7.42. The summed E-state index contributed by atoms with van der Waals surface area (Å²) in [5.41, 5.74) is 8.19. The van der Waals surface area contributed by atoms with Crippen LogP contribution in [0.1, 0.15) is 18.1 Å². The van der Waals surface area contributed by atoms with E-state index in [-0.39, 0.29) is 6.04 Å². The van der Waals surface area contributed by atoms with Gasteiger partial charge in [-0.15, -0.1) is 0 Å². The first kappa shape index (κ1) is 16.5. The van der Waals surface area contributed by atoms with Gasteiger partial charge in [0.15, 0.2) is 0 Å². The van der Waals surface area contributed by atoms with Crippen molar-refractivity contribution in [3.05, 3.63) is 44.6 Å². The van der Waals surface area contributed by atoms with Gasteiger partial charge in [-0.1, -0.05) is 0 Å². The molecular weight excluding hydrogens is 398 g/mol. The number of hydrogen-bond acceptors (Lipinski definition) is 3.